The molecule has 0 saturated heterocycles. The Labute approximate surface area is 76.6 Å². The van der Waals surface area contributed by atoms with E-state index in [-0.39, 0.29) is 18.8 Å². The van der Waals surface area contributed by atoms with Crippen LogP contribution in [-0.4, -0.2) is 28.0 Å². The van der Waals surface area contributed by atoms with E-state index in [9.17, 15) is 14.3 Å². The molecular formula is C9H15FO3. The van der Waals surface area contributed by atoms with E-state index in [1.54, 1.807) is 0 Å². The van der Waals surface area contributed by atoms with Crippen molar-refractivity contribution in [3.8, 4) is 0 Å². The summed E-state index contributed by atoms with van der Waals surface area (Å²) in [7, 11) is 0. The summed E-state index contributed by atoms with van der Waals surface area (Å²) in [4.78, 5) is 10.3. The van der Waals surface area contributed by atoms with Gasteiger partial charge in [0.1, 0.15) is 5.60 Å². The fourth-order valence-corrected chi connectivity index (χ4v) is 1.76. The third-order valence-corrected chi connectivity index (χ3v) is 2.86. The average molecular weight is 190 g/mol. The molecule has 0 aromatic heterocycles. The predicted molar refractivity (Wildman–Crippen MR) is 45.0 cm³/mol. The lowest BCUT2D eigenvalue weighted by atomic mass is 9.64. The topological polar surface area (TPSA) is 57.5 Å². The van der Waals surface area contributed by atoms with E-state index >= 15 is 0 Å². The third kappa shape index (κ3) is 1.82. The van der Waals surface area contributed by atoms with Crippen LogP contribution in [0.1, 0.15) is 26.7 Å². The molecule has 1 aliphatic rings. The SMILES string of the molecule is CC(C)C1CC(O)(C(F)C(=O)O)C1. The molecule has 0 bridgehead atoms. The van der Waals surface area contributed by atoms with Crippen LogP contribution in [0.15, 0.2) is 0 Å². The molecule has 2 N–H and O–H groups in total. The van der Waals surface area contributed by atoms with Crippen LogP contribution in [0.4, 0.5) is 4.39 Å². The minimum atomic E-state index is -2.14. The molecule has 1 unspecified atom stereocenters. The number of rotatable bonds is 3. The monoisotopic (exact) mass is 190 g/mol. The number of alkyl halides is 1. The molecule has 1 saturated carbocycles. The first-order valence-electron chi connectivity index (χ1n) is 4.46. The highest BCUT2D eigenvalue weighted by Crippen LogP contribution is 2.45. The summed E-state index contributed by atoms with van der Waals surface area (Å²) in [6.45, 7) is 3.97. The molecule has 0 radical (unpaired) electrons. The summed E-state index contributed by atoms with van der Waals surface area (Å²) < 4.78 is 12.9. The van der Waals surface area contributed by atoms with Crippen LogP contribution in [0.5, 0.6) is 0 Å². The second kappa shape index (κ2) is 3.25. The normalized spacial score (nSPS) is 35.6. The minimum Gasteiger partial charge on any atom is -0.479 e. The highest BCUT2D eigenvalue weighted by Gasteiger charge is 2.52. The van der Waals surface area contributed by atoms with Gasteiger partial charge in [-0.2, -0.15) is 0 Å². The van der Waals surface area contributed by atoms with Crippen LogP contribution in [0.3, 0.4) is 0 Å². The Morgan fingerprint density at radius 3 is 2.31 bits per heavy atom. The van der Waals surface area contributed by atoms with Crippen molar-refractivity contribution in [3.05, 3.63) is 0 Å². The second-order valence-electron chi connectivity index (χ2n) is 4.22. The van der Waals surface area contributed by atoms with Crippen molar-refractivity contribution in [2.75, 3.05) is 0 Å². The van der Waals surface area contributed by atoms with Gasteiger partial charge in [0.05, 0.1) is 0 Å². The molecular weight excluding hydrogens is 175 g/mol. The Hall–Kier alpha value is -0.640. The first-order chi connectivity index (χ1) is 5.87. The average Bonchev–Trinajstić information content (AvgIpc) is 1.96. The van der Waals surface area contributed by atoms with Crippen molar-refractivity contribution in [1.29, 1.82) is 0 Å². The molecule has 1 fully saturated rings. The summed E-state index contributed by atoms with van der Waals surface area (Å²) in [5.74, 6) is -0.937. The largest absolute Gasteiger partial charge is 0.479 e. The number of hydrogen-bond donors (Lipinski definition) is 2. The molecule has 1 aliphatic carbocycles. The summed E-state index contributed by atoms with van der Waals surface area (Å²) >= 11 is 0. The Kier molecular flexibility index (Phi) is 2.61. The van der Waals surface area contributed by atoms with Gasteiger partial charge in [-0.25, -0.2) is 9.18 Å². The van der Waals surface area contributed by atoms with Gasteiger partial charge in [-0.05, 0) is 24.7 Å². The maximum absolute atomic E-state index is 12.9. The van der Waals surface area contributed by atoms with E-state index in [1.165, 1.54) is 0 Å². The van der Waals surface area contributed by atoms with Gasteiger partial charge in [-0.15, -0.1) is 0 Å². The van der Waals surface area contributed by atoms with E-state index in [0.29, 0.717) is 5.92 Å². The number of hydrogen-bond acceptors (Lipinski definition) is 2. The van der Waals surface area contributed by atoms with Crippen LogP contribution >= 0.6 is 0 Å². The molecule has 4 heteroatoms. The van der Waals surface area contributed by atoms with Crippen molar-refractivity contribution in [3.63, 3.8) is 0 Å². The molecule has 1 rings (SSSR count). The van der Waals surface area contributed by atoms with Crippen LogP contribution < -0.4 is 0 Å². The van der Waals surface area contributed by atoms with Gasteiger partial charge in [0, 0.05) is 0 Å². The molecule has 3 nitrogen and oxygen atoms in total. The Bertz CT molecular complexity index is 209. The minimum absolute atomic E-state index is 0.252. The van der Waals surface area contributed by atoms with Gasteiger partial charge in [0.2, 0.25) is 6.17 Å². The first kappa shape index (κ1) is 10.4. The standard InChI is InChI=1S/C9H15FO3/c1-5(2)6-3-9(13,4-6)7(10)8(11)12/h5-7,13H,3-4H2,1-2H3,(H,11,12). The van der Waals surface area contributed by atoms with Crippen molar-refractivity contribution in [1.82, 2.24) is 0 Å². The predicted octanol–water partition coefficient (Wildman–Crippen LogP) is 1.21. The van der Waals surface area contributed by atoms with Crippen LogP contribution in [0.2, 0.25) is 0 Å². The van der Waals surface area contributed by atoms with Crippen molar-refractivity contribution >= 4 is 5.97 Å². The van der Waals surface area contributed by atoms with Gasteiger partial charge in [-0.3, -0.25) is 0 Å². The Balaban J connectivity index is 2.50. The van der Waals surface area contributed by atoms with Crippen molar-refractivity contribution in [2.45, 2.75) is 38.5 Å². The lowest BCUT2D eigenvalue weighted by Crippen LogP contribution is -2.55. The third-order valence-electron chi connectivity index (χ3n) is 2.86. The molecule has 0 amide bonds. The molecule has 0 aliphatic heterocycles. The van der Waals surface area contributed by atoms with E-state index < -0.39 is 17.7 Å². The fourth-order valence-electron chi connectivity index (χ4n) is 1.76. The van der Waals surface area contributed by atoms with E-state index in [4.69, 9.17) is 5.11 Å². The van der Waals surface area contributed by atoms with E-state index in [0.717, 1.165) is 0 Å². The molecule has 13 heavy (non-hydrogen) atoms. The van der Waals surface area contributed by atoms with E-state index in [1.807, 2.05) is 13.8 Å². The van der Waals surface area contributed by atoms with Gasteiger partial charge in [0.15, 0.2) is 0 Å². The molecule has 0 aromatic rings. The zero-order valence-corrected chi connectivity index (χ0v) is 7.83. The van der Waals surface area contributed by atoms with Gasteiger partial charge in [-0.1, -0.05) is 13.8 Å². The smallest absolute Gasteiger partial charge is 0.341 e. The van der Waals surface area contributed by atoms with E-state index in [2.05, 4.69) is 0 Å². The maximum Gasteiger partial charge on any atom is 0.341 e. The van der Waals surface area contributed by atoms with Crippen molar-refractivity contribution in [2.24, 2.45) is 11.8 Å². The fraction of sp³-hybridized carbons (Fsp3) is 0.889. The van der Waals surface area contributed by atoms with Gasteiger partial charge in [0.25, 0.3) is 0 Å². The Morgan fingerprint density at radius 2 is 2.00 bits per heavy atom. The lowest BCUT2D eigenvalue weighted by molar-refractivity contribution is -0.173. The van der Waals surface area contributed by atoms with Crippen LogP contribution in [0.25, 0.3) is 0 Å². The highest BCUT2D eigenvalue weighted by molar-refractivity contribution is 5.74. The Morgan fingerprint density at radius 1 is 1.54 bits per heavy atom. The summed E-state index contributed by atoms with van der Waals surface area (Å²) in [5.41, 5.74) is -1.61. The summed E-state index contributed by atoms with van der Waals surface area (Å²) in [6, 6.07) is 0. The second-order valence-corrected chi connectivity index (χ2v) is 4.22. The summed E-state index contributed by atoms with van der Waals surface area (Å²) in [5, 5.41) is 17.9. The molecule has 1 atom stereocenters. The zero-order chi connectivity index (χ0) is 10.2. The van der Waals surface area contributed by atoms with Crippen molar-refractivity contribution < 1.29 is 19.4 Å². The number of carbonyl (C=O) groups is 1. The lowest BCUT2D eigenvalue weighted by Gasteiger charge is -2.46. The van der Waals surface area contributed by atoms with Gasteiger partial charge >= 0.3 is 5.97 Å². The molecule has 76 valence electrons. The number of carboxylic acids is 1. The first-order valence-corrected chi connectivity index (χ1v) is 4.46. The number of carboxylic acid groups (broad SMARTS) is 1. The number of halogens is 1. The molecule has 0 spiro atoms. The number of aliphatic hydroxyl groups is 1. The van der Waals surface area contributed by atoms with Gasteiger partial charge < -0.3 is 10.2 Å². The summed E-state index contributed by atoms with van der Waals surface area (Å²) in [6.07, 6.45) is -1.61. The molecule has 0 aromatic carbocycles. The quantitative estimate of drug-likeness (QED) is 0.703. The maximum atomic E-state index is 12.9. The van der Waals surface area contributed by atoms with Crippen LogP contribution in [-0.2, 0) is 4.79 Å². The molecule has 0 heterocycles. The zero-order valence-electron chi connectivity index (χ0n) is 7.83. The van der Waals surface area contributed by atoms with Crippen LogP contribution in [0, 0.1) is 11.8 Å². The highest BCUT2D eigenvalue weighted by atomic mass is 19.1. The number of aliphatic carboxylic acids is 1.